The van der Waals surface area contributed by atoms with Crippen molar-refractivity contribution in [2.75, 3.05) is 7.11 Å². The first kappa shape index (κ1) is 12.1. The molecule has 0 saturated carbocycles. The Morgan fingerprint density at radius 1 is 1.60 bits per heavy atom. The van der Waals surface area contributed by atoms with Gasteiger partial charge in [0.2, 0.25) is 5.91 Å². The highest BCUT2D eigenvalue weighted by Gasteiger charge is 2.16. The lowest BCUT2D eigenvalue weighted by Gasteiger charge is -2.14. The van der Waals surface area contributed by atoms with E-state index in [0.717, 1.165) is 9.88 Å². The number of nitrogens with one attached hydrogen (secondary N) is 1. The lowest BCUT2D eigenvalue weighted by Crippen LogP contribution is -2.35. The van der Waals surface area contributed by atoms with Crippen LogP contribution in [0.4, 0.5) is 0 Å². The number of aromatic nitrogens is 1. The fourth-order valence-electron chi connectivity index (χ4n) is 1.07. The van der Waals surface area contributed by atoms with Crippen molar-refractivity contribution in [3.05, 3.63) is 16.1 Å². The molecule has 1 aromatic rings. The van der Waals surface area contributed by atoms with Crippen molar-refractivity contribution in [3.8, 4) is 0 Å². The summed E-state index contributed by atoms with van der Waals surface area (Å²) in [5.74, 6) is -0.113. The number of aryl methyl sites for hydroxylation is 1. The van der Waals surface area contributed by atoms with E-state index in [9.17, 15) is 4.79 Å². The van der Waals surface area contributed by atoms with Crippen LogP contribution in [0.3, 0.4) is 0 Å². The maximum absolute atomic E-state index is 11.5. The predicted molar refractivity (Wildman–Crippen MR) is 59.9 cm³/mol. The monoisotopic (exact) mass is 228 g/mol. The Hall–Kier alpha value is -0.940. The first-order chi connectivity index (χ1) is 7.04. The van der Waals surface area contributed by atoms with E-state index in [0.29, 0.717) is 0 Å². The van der Waals surface area contributed by atoms with Gasteiger partial charge in [-0.15, -0.1) is 11.3 Å². The fourth-order valence-corrected chi connectivity index (χ4v) is 1.85. The molecule has 15 heavy (non-hydrogen) atoms. The fraction of sp³-hybridized carbons (Fsp3) is 0.600. The quantitative estimate of drug-likeness (QED) is 0.852. The van der Waals surface area contributed by atoms with Crippen LogP contribution in [0.1, 0.15) is 29.8 Å². The summed E-state index contributed by atoms with van der Waals surface area (Å²) in [4.78, 5) is 16.9. The highest BCUT2D eigenvalue weighted by molar-refractivity contribution is 7.11. The van der Waals surface area contributed by atoms with Gasteiger partial charge in [0.25, 0.3) is 0 Å². The molecule has 1 rings (SSSR count). The molecule has 1 aromatic heterocycles. The van der Waals surface area contributed by atoms with Crippen LogP contribution in [-0.4, -0.2) is 24.1 Å². The van der Waals surface area contributed by atoms with Crippen molar-refractivity contribution in [3.63, 3.8) is 0 Å². The van der Waals surface area contributed by atoms with Crippen LogP contribution < -0.4 is 5.32 Å². The van der Waals surface area contributed by atoms with Crippen LogP contribution in [0.15, 0.2) is 6.20 Å². The molecule has 2 atom stereocenters. The molecule has 0 fully saturated rings. The van der Waals surface area contributed by atoms with E-state index in [1.165, 1.54) is 7.11 Å². The molecule has 0 spiro atoms. The summed E-state index contributed by atoms with van der Waals surface area (Å²) in [5, 5.41) is 3.76. The average Bonchev–Trinajstić information content (AvgIpc) is 2.63. The predicted octanol–water partition coefficient (Wildman–Crippen LogP) is 1.66. The lowest BCUT2D eigenvalue weighted by atomic mass is 10.3. The van der Waals surface area contributed by atoms with Crippen LogP contribution in [0.2, 0.25) is 0 Å². The Labute approximate surface area is 93.7 Å². The van der Waals surface area contributed by atoms with Gasteiger partial charge in [0.15, 0.2) is 0 Å². The largest absolute Gasteiger partial charge is 0.372 e. The van der Waals surface area contributed by atoms with Crippen molar-refractivity contribution in [2.24, 2.45) is 0 Å². The third-order valence-electron chi connectivity index (χ3n) is 2.09. The zero-order valence-electron chi connectivity index (χ0n) is 9.40. The first-order valence-corrected chi connectivity index (χ1v) is 5.61. The van der Waals surface area contributed by atoms with E-state index < -0.39 is 6.10 Å². The van der Waals surface area contributed by atoms with Gasteiger partial charge in [0.1, 0.15) is 11.1 Å². The minimum Gasteiger partial charge on any atom is -0.372 e. The number of nitrogens with zero attached hydrogens (tertiary/aromatic N) is 1. The standard InChI is InChI=1S/C10H16N2O2S/c1-6-5-11-10(15-6)7(2)12-9(13)8(3)14-4/h5,7-8H,1-4H3,(H,12,13). The normalized spacial score (nSPS) is 14.7. The Kier molecular flexibility index (Phi) is 4.23. The number of thiazole rings is 1. The van der Waals surface area contributed by atoms with Crippen LogP contribution in [0, 0.1) is 6.92 Å². The number of amides is 1. The molecule has 1 amide bonds. The highest BCUT2D eigenvalue weighted by Crippen LogP contribution is 2.18. The van der Waals surface area contributed by atoms with E-state index in [4.69, 9.17) is 4.74 Å². The van der Waals surface area contributed by atoms with E-state index in [2.05, 4.69) is 10.3 Å². The molecule has 0 bridgehead atoms. The molecule has 1 heterocycles. The third-order valence-corrected chi connectivity index (χ3v) is 3.19. The second-order valence-corrected chi connectivity index (χ2v) is 4.68. The second kappa shape index (κ2) is 5.23. The molecular formula is C10H16N2O2S. The van der Waals surface area contributed by atoms with E-state index in [1.807, 2.05) is 20.0 Å². The van der Waals surface area contributed by atoms with Crippen LogP contribution in [0.25, 0.3) is 0 Å². The van der Waals surface area contributed by atoms with Crippen molar-refractivity contribution in [1.29, 1.82) is 0 Å². The Morgan fingerprint density at radius 3 is 2.73 bits per heavy atom. The summed E-state index contributed by atoms with van der Waals surface area (Å²) >= 11 is 1.59. The zero-order valence-corrected chi connectivity index (χ0v) is 10.2. The van der Waals surface area contributed by atoms with Crippen molar-refractivity contribution in [1.82, 2.24) is 10.3 Å². The Bertz CT molecular complexity index is 338. The molecule has 4 nitrogen and oxygen atoms in total. The first-order valence-electron chi connectivity index (χ1n) is 4.80. The zero-order chi connectivity index (χ0) is 11.4. The van der Waals surface area contributed by atoms with Crippen LogP contribution >= 0.6 is 11.3 Å². The summed E-state index contributed by atoms with van der Waals surface area (Å²) < 4.78 is 4.92. The number of carbonyl (C=O) groups is 1. The summed E-state index contributed by atoms with van der Waals surface area (Å²) in [6.45, 7) is 5.63. The lowest BCUT2D eigenvalue weighted by molar-refractivity contribution is -0.130. The van der Waals surface area contributed by atoms with Gasteiger partial charge < -0.3 is 10.1 Å². The van der Waals surface area contributed by atoms with Gasteiger partial charge in [-0.1, -0.05) is 0 Å². The Balaban J connectivity index is 2.56. The molecule has 84 valence electrons. The molecule has 0 aliphatic heterocycles. The van der Waals surface area contributed by atoms with E-state index >= 15 is 0 Å². The molecular weight excluding hydrogens is 212 g/mol. The second-order valence-electron chi connectivity index (χ2n) is 3.42. The van der Waals surface area contributed by atoms with E-state index in [1.54, 1.807) is 18.3 Å². The molecule has 5 heteroatoms. The van der Waals surface area contributed by atoms with Gasteiger partial charge in [-0.25, -0.2) is 4.98 Å². The molecule has 0 saturated heterocycles. The van der Waals surface area contributed by atoms with Crippen molar-refractivity contribution >= 4 is 17.2 Å². The number of hydrogen-bond acceptors (Lipinski definition) is 4. The summed E-state index contributed by atoms with van der Waals surface area (Å²) in [5.41, 5.74) is 0. The highest BCUT2D eigenvalue weighted by atomic mass is 32.1. The van der Waals surface area contributed by atoms with Gasteiger partial charge in [-0.3, -0.25) is 4.79 Å². The van der Waals surface area contributed by atoms with Gasteiger partial charge in [0, 0.05) is 18.2 Å². The summed E-state index contributed by atoms with van der Waals surface area (Å²) in [6, 6.07) is -0.0613. The molecule has 2 unspecified atom stereocenters. The molecule has 0 radical (unpaired) electrons. The average molecular weight is 228 g/mol. The Morgan fingerprint density at radius 2 is 2.27 bits per heavy atom. The third kappa shape index (κ3) is 3.28. The van der Waals surface area contributed by atoms with Gasteiger partial charge in [-0.2, -0.15) is 0 Å². The van der Waals surface area contributed by atoms with Crippen molar-refractivity contribution < 1.29 is 9.53 Å². The maximum atomic E-state index is 11.5. The number of hydrogen-bond donors (Lipinski definition) is 1. The van der Waals surface area contributed by atoms with Crippen LogP contribution in [0.5, 0.6) is 0 Å². The smallest absolute Gasteiger partial charge is 0.249 e. The minimum absolute atomic E-state index is 0.0613. The molecule has 1 N–H and O–H groups in total. The molecule has 0 aliphatic rings. The summed E-state index contributed by atoms with van der Waals surface area (Å²) in [6.07, 6.45) is 1.39. The number of ether oxygens (including phenoxy) is 1. The van der Waals surface area contributed by atoms with Gasteiger partial charge in [0.05, 0.1) is 6.04 Å². The van der Waals surface area contributed by atoms with Crippen LogP contribution in [-0.2, 0) is 9.53 Å². The maximum Gasteiger partial charge on any atom is 0.249 e. The van der Waals surface area contributed by atoms with E-state index in [-0.39, 0.29) is 11.9 Å². The molecule has 0 aromatic carbocycles. The molecule has 0 aliphatic carbocycles. The summed E-state index contributed by atoms with van der Waals surface area (Å²) in [7, 11) is 1.52. The number of methoxy groups -OCH3 is 1. The topological polar surface area (TPSA) is 51.2 Å². The van der Waals surface area contributed by atoms with Gasteiger partial charge in [-0.05, 0) is 20.8 Å². The minimum atomic E-state index is -0.423. The van der Waals surface area contributed by atoms with Crippen molar-refractivity contribution in [2.45, 2.75) is 32.9 Å². The number of carbonyl (C=O) groups excluding carboxylic acids is 1. The van der Waals surface area contributed by atoms with Gasteiger partial charge >= 0.3 is 0 Å². The SMILES string of the molecule is COC(C)C(=O)NC(C)c1ncc(C)s1. The number of rotatable bonds is 4.